The van der Waals surface area contributed by atoms with Crippen LogP contribution in [0.25, 0.3) is 5.70 Å². The molecule has 0 amide bonds. The molecule has 0 unspecified atom stereocenters. The van der Waals surface area contributed by atoms with Gasteiger partial charge >= 0.3 is 0 Å². The summed E-state index contributed by atoms with van der Waals surface area (Å²) < 4.78 is 0. The average Bonchev–Trinajstić information content (AvgIpc) is 2.77. The molecule has 0 bridgehead atoms. The molecule has 0 radical (unpaired) electrons. The van der Waals surface area contributed by atoms with E-state index in [0.717, 1.165) is 12.2 Å². The maximum Gasteiger partial charge on any atom is 0.0838 e. The van der Waals surface area contributed by atoms with Gasteiger partial charge in [0.2, 0.25) is 0 Å². The molecule has 3 N–H and O–H groups in total. The number of hydrogen-bond acceptors (Lipinski definition) is 4. The van der Waals surface area contributed by atoms with Gasteiger partial charge in [-0.05, 0) is 40.2 Å². The van der Waals surface area contributed by atoms with E-state index in [0.29, 0.717) is 6.54 Å². The van der Waals surface area contributed by atoms with Gasteiger partial charge in [-0.2, -0.15) is 0 Å². The topological polar surface area (TPSA) is 44.5 Å². The molecule has 0 spiro atoms. The number of rotatable bonds is 3. The summed E-state index contributed by atoms with van der Waals surface area (Å²) in [6.45, 7) is 12.3. The fraction of sp³-hybridized carbons (Fsp3) is 0.500. The zero-order chi connectivity index (χ0) is 14.9. The Hall–Kier alpha value is -1.52. The van der Waals surface area contributed by atoms with Crippen molar-refractivity contribution >= 4 is 5.70 Å². The molecule has 1 aliphatic heterocycles. The second-order valence-electron chi connectivity index (χ2n) is 6.16. The summed E-state index contributed by atoms with van der Waals surface area (Å²) in [6.07, 6.45) is 0. The molecule has 0 fully saturated rings. The number of nitrogens with two attached hydrogens (primary N) is 1. The van der Waals surface area contributed by atoms with Crippen LogP contribution >= 0.6 is 0 Å². The van der Waals surface area contributed by atoms with E-state index in [2.05, 4.69) is 74.4 Å². The van der Waals surface area contributed by atoms with Gasteiger partial charge in [0.25, 0.3) is 0 Å². The van der Waals surface area contributed by atoms with Crippen LogP contribution in [0.1, 0.15) is 38.8 Å². The van der Waals surface area contributed by atoms with Crippen LogP contribution < -0.4 is 11.3 Å². The minimum absolute atomic E-state index is 0.0258. The molecule has 0 aliphatic carbocycles. The summed E-state index contributed by atoms with van der Waals surface area (Å²) >= 11 is 0. The summed E-state index contributed by atoms with van der Waals surface area (Å²) in [7, 11) is 0. The molecule has 1 aromatic rings. The molecule has 4 nitrogen and oxygen atoms in total. The summed E-state index contributed by atoms with van der Waals surface area (Å²) in [6, 6.07) is 8.47. The first kappa shape index (κ1) is 14.9. The summed E-state index contributed by atoms with van der Waals surface area (Å²) in [4.78, 5) is 0. The third kappa shape index (κ3) is 2.53. The van der Waals surface area contributed by atoms with E-state index >= 15 is 0 Å². The maximum absolute atomic E-state index is 6.02. The average molecular weight is 274 g/mol. The quantitative estimate of drug-likeness (QED) is 0.889. The molecule has 20 heavy (non-hydrogen) atoms. The Morgan fingerprint density at radius 3 is 2.35 bits per heavy atom. The maximum atomic E-state index is 6.02. The lowest BCUT2D eigenvalue weighted by molar-refractivity contribution is 0.0678. The Kier molecular flexibility index (Phi) is 4.06. The number of likely N-dealkylation sites (N-methyl/N-ethyl adjacent to an activating group) is 1. The lowest BCUT2D eigenvalue weighted by Crippen LogP contribution is -2.50. The molecule has 1 aliphatic rings. The molecular weight excluding hydrogens is 248 g/mol. The number of benzene rings is 1. The molecule has 0 atom stereocenters. The van der Waals surface area contributed by atoms with Gasteiger partial charge in [-0.1, -0.05) is 24.3 Å². The van der Waals surface area contributed by atoms with Gasteiger partial charge in [0.05, 0.1) is 11.4 Å². The lowest BCUT2D eigenvalue weighted by Gasteiger charge is -2.36. The third-order valence-corrected chi connectivity index (χ3v) is 3.62. The van der Waals surface area contributed by atoms with Crippen LogP contribution in [0, 0.1) is 6.92 Å². The standard InChI is InChI=1S/C16H26N4/c1-6-19-14(11-17)15(20(18-19)16(3,4)5)13-10-8-7-9-12(13)2/h7-10,18H,6,11,17H2,1-5H3. The van der Waals surface area contributed by atoms with Gasteiger partial charge in [-0.15, -0.1) is 5.53 Å². The highest BCUT2D eigenvalue weighted by atomic mass is 15.8. The highest BCUT2D eigenvalue weighted by molar-refractivity contribution is 5.71. The molecule has 4 heteroatoms. The third-order valence-electron chi connectivity index (χ3n) is 3.62. The van der Waals surface area contributed by atoms with E-state index in [1.54, 1.807) is 0 Å². The Bertz CT molecular complexity index is 513. The first-order valence-corrected chi connectivity index (χ1v) is 7.23. The highest BCUT2D eigenvalue weighted by Crippen LogP contribution is 2.34. The van der Waals surface area contributed by atoms with Crippen molar-refractivity contribution in [3.8, 4) is 0 Å². The van der Waals surface area contributed by atoms with Crippen molar-refractivity contribution in [1.29, 1.82) is 0 Å². The van der Waals surface area contributed by atoms with E-state index in [-0.39, 0.29) is 5.54 Å². The van der Waals surface area contributed by atoms with Crippen molar-refractivity contribution in [3.63, 3.8) is 0 Å². The summed E-state index contributed by atoms with van der Waals surface area (Å²) in [5.74, 6) is 0. The zero-order valence-electron chi connectivity index (χ0n) is 13.2. The number of nitrogens with zero attached hydrogens (tertiary/aromatic N) is 2. The molecular formula is C16H26N4. The smallest absolute Gasteiger partial charge is 0.0838 e. The number of aryl methyl sites for hydroxylation is 1. The predicted octanol–water partition coefficient (Wildman–Crippen LogP) is 2.48. The largest absolute Gasteiger partial charge is 0.325 e. The molecule has 2 rings (SSSR count). The van der Waals surface area contributed by atoms with E-state index in [4.69, 9.17) is 5.73 Å². The van der Waals surface area contributed by atoms with Gasteiger partial charge in [0.1, 0.15) is 0 Å². The van der Waals surface area contributed by atoms with Crippen molar-refractivity contribution < 1.29 is 0 Å². The van der Waals surface area contributed by atoms with Crippen LogP contribution in [-0.4, -0.2) is 28.6 Å². The minimum Gasteiger partial charge on any atom is -0.325 e. The van der Waals surface area contributed by atoms with Crippen LogP contribution in [0.4, 0.5) is 0 Å². The van der Waals surface area contributed by atoms with Crippen molar-refractivity contribution in [2.24, 2.45) is 5.73 Å². The first-order valence-electron chi connectivity index (χ1n) is 7.23. The molecule has 0 saturated carbocycles. The van der Waals surface area contributed by atoms with Crippen molar-refractivity contribution in [2.45, 2.75) is 40.2 Å². The Balaban J connectivity index is 2.60. The van der Waals surface area contributed by atoms with E-state index in [1.807, 2.05) is 0 Å². The van der Waals surface area contributed by atoms with Crippen LogP contribution in [-0.2, 0) is 0 Å². The van der Waals surface area contributed by atoms with Gasteiger partial charge < -0.3 is 5.73 Å². The molecule has 0 saturated heterocycles. The molecule has 1 aromatic carbocycles. The Labute approximate surface area is 122 Å². The predicted molar refractivity (Wildman–Crippen MR) is 84.3 cm³/mol. The van der Waals surface area contributed by atoms with Crippen LogP contribution in [0.5, 0.6) is 0 Å². The van der Waals surface area contributed by atoms with Gasteiger partial charge in [0.15, 0.2) is 0 Å². The minimum atomic E-state index is -0.0258. The van der Waals surface area contributed by atoms with E-state index in [9.17, 15) is 0 Å². The number of nitrogens with one attached hydrogen (secondary N) is 1. The van der Waals surface area contributed by atoms with Gasteiger partial charge in [-0.25, -0.2) is 0 Å². The fourth-order valence-corrected chi connectivity index (χ4v) is 2.56. The Morgan fingerprint density at radius 2 is 1.85 bits per heavy atom. The summed E-state index contributed by atoms with van der Waals surface area (Å²) in [5, 5.41) is 4.36. The summed E-state index contributed by atoms with van der Waals surface area (Å²) in [5.41, 5.74) is 14.3. The van der Waals surface area contributed by atoms with Crippen molar-refractivity contribution in [2.75, 3.05) is 13.1 Å². The Morgan fingerprint density at radius 1 is 1.20 bits per heavy atom. The van der Waals surface area contributed by atoms with E-state index < -0.39 is 0 Å². The van der Waals surface area contributed by atoms with Crippen molar-refractivity contribution in [1.82, 2.24) is 15.6 Å². The second-order valence-corrected chi connectivity index (χ2v) is 6.16. The van der Waals surface area contributed by atoms with E-state index in [1.165, 1.54) is 16.8 Å². The highest BCUT2D eigenvalue weighted by Gasteiger charge is 2.35. The molecule has 1 heterocycles. The van der Waals surface area contributed by atoms with Gasteiger partial charge in [-0.3, -0.25) is 10.0 Å². The monoisotopic (exact) mass is 274 g/mol. The first-order chi connectivity index (χ1) is 9.40. The van der Waals surface area contributed by atoms with Crippen molar-refractivity contribution in [3.05, 3.63) is 41.1 Å². The number of hydrazine groups is 2. The molecule has 110 valence electrons. The van der Waals surface area contributed by atoms with Gasteiger partial charge in [0, 0.05) is 24.2 Å². The number of hydrogen-bond donors (Lipinski definition) is 2. The normalized spacial score (nSPS) is 16.3. The lowest BCUT2D eigenvalue weighted by atomic mass is 10.00. The van der Waals surface area contributed by atoms with Crippen LogP contribution in [0.15, 0.2) is 30.0 Å². The second kappa shape index (κ2) is 5.46. The van der Waals surface area contributed by atoms with Crippen LogP contribution in [0.3, 0.4) is 0 Å². The zero-order valence-corrected chi connectivity index (χ0v) is 13.2. The molecule has 0 aromatic heterocycles. The van der Waals surface area contributed by atoms with Crippen LogP contribution in [0.2, 0.25) is 0 Å². The fourth-order valence-electron chi connectivity index (χ4n) is 2.56. The SMILES string of the molecule is CCN1NN(C(C)(C)C)C(c2ccccc2C)=C1CN.